The van der Waals surface area contributed by atoms with Gasteiger partial charge in [0, 0.05) is 10.9 Å². The number of anilines is 1. The number of carbonyl (C=O) groups excluding carboxylic acids is 2. The highest BCUT2D eigenvalue weighted by atomic mass is 32.2. The molecule has 1 aliphatic heterocycles. The van der Waals surface area contributed by atoms with Crippen LogP contribution in [0.3, 0.4) is 0 Å². The first-order valence-electron chi connectivity index (χ1n) is 9.06. The molecule has 9 heteroatoms. The van der Waals surface area contributed by atoms with Gasteiger partial charge in [-0.2, -0.15) is 0 Å². The van der Waals surface area contributed by atoms with E-state index < -0.39 is 27.6 Å². The van der Waals surface area contributed by atoms with Crippen LogP contribution in [0.4, 0.5) is 9.39 Å². The van der Waals surface area contributed by atoms with Gasteiger partial charge in [0.15, 0.2) is 9.84 Å². The molecular weight excluding hydrogens is 403 g/mol. The van der Waals surface area contributed by atoms with Crippen LogP contribution in [0.5, 0.6) is 0 Å². The van der Waals surface area contributed by atoms with E-state index >= 15 is 0 Å². The second-order valence-electron chi connectivity index (χ2n) is 7.07. The van der Waals surface area contributed by atoms with Crippen molar-refractivity contribution < 1.29 is 22.4 Å². The summed E-state index contributed by atoms with van der Waals surface area (Å²) in [5, 5.41) is 5.86. The fourth-order valence-corrected chi connectivity index (χ4v) is 6.67. The zero-order chi connectivity index (χ0) is 19.9. The van der Waals surface area contributed by atoms with Gasteiger partial charge in [-0.1, -0.05) is 12.1 Å². The van der Waals surface area contributed by atoms with E-state index in [0.29, 0.717) is 17.0 Å². The molecule has 2 aromatic rings. The number of amides is 2. The largest absolute Gasteiger partial charge is 0.348 e. The molecule has 0 saturated carbocycles. The molecule has 6 nitrogen and oxygen atoms in total. The van der Waals surface area contributed by atoms with Crippen molar-refractivity contribution in [2.45, 2.75) is 31.7 Å². The van der Waals surface area contributed by atoms with E-state index in [1.54, 1.807) is 6.07 Å². The van der Waals surface area contributed by atoms with Crippen LogP contribution in [-0.4, -0.2) is 37.8 Å². The highest BCUT2D eigenvalue weighted by Gasteiger charge is 2.33. The van der Waals surface area contributed by atoms with Crippen molar-refractivity contribution in [3.8, 4) is 0 Å². The summed E-state index contributed by atoms with van der Waals surface area (Å²) in [7, 11) is -3.11. The van der Waals surface area contributed by atoms with Crippen LogP contribution in [0.15, 0.2) is 24.3 Å². The summed E-state index contributed by atoms with van der Waals surface area (Å²) >= 11 is 1.33. The molecule has 1 saturated heterocycles. The Labute approximate surface area is 166 Å². The maximum Gasteiger partial charge on any atom is 0.259 e. The SMILES string of the molecule is O=C(Nc1sc2c(c1C(=O)NC1CCS(=O)(=O)C1)CCC2)c1ccccc1F. The Morgan fingerprint density at radius 1 is 1.14 bits per heavy atom. The van der Waals surface area contributed by atoms with E-state index in [-0.39, 0.29) is 23.0 Å². The number of fused-ring (bicyclic) bond motifs is 1. The average molecular weight is 423 g/mol. The average Bonchev–Trinajstić information content (AvgIpc) is 3.29. The van der Waals surface area contributed by atoms with E-state index in [1.807, 2.05) is 0 Å². The van der Waals surface area contributed by atoms with Crippen LogP contribution in [0.1, 0.15) is 44.0 Å². The minimum Gasteiger partial charge on any atom is -0.348 e. The van der Waals surface area contributed by atoms with E-state index in [1.165, 1.54) is 29.5 Å². The topological polar surface area (TPSA) is 92.3 Å². The molecule has 1 aliphatic carbocycles. The third kappa shape index (κ3) is 3.68. The fraction of sp³-hybridized carbons (Fsp3) is 0.368. The number of sulfone groups is 1. The van der Waals surface area contributed by atoms with Gasteiger partial charge in [0.2, 0.25) is 0 Å². The number of hydrogen-bond acceptors (Lipinski definition) is 5. The molecule has 2 N–H and O–H groups in total. The second kappa shape index (κ2) is 7.29. The summed E-state index contributed by atoms with van der Waals surface area (Å²) in [6, 6.07) is 5.23. The van der Waals surface area contributed by atoms with Crippen LogP contribution in [-0.2, 0) is 22.7 Å². The Morgan fingerprint density at radius 2 is 1.93 bits per heavy atom. The minimum absolute atomic E-state index is 0.0660. The van der Waals surface area contributed by atoms with Crippen molar-refractivity contribution in [3.63, 3.8) is 0 Å². The quantitative estimate of drug-likeness (QED) is 0.792. The van der Waals surface area contributed by atoms with Crippen LogP contribution < -0.4 is 10.6 Å². The van der Waals surface area contributed by atoms with Crippen molar-refractivity contribution in [2.24, 2.45) is 0 Å². The third-order valence-electron chi connectivity index (χ3n) is 5.06. The van der Waals surface area contributed by atoms with Gasteiger partial charge in [0.05, 0.1) is 22.6 Å². The molecule has 0 bridgehead atoms. The number of rotatable bonds is 4. The number of nitrogens with one attached hydrogen (secondary N) is 2. The number of thiophene rings is 1. The molecule has 1 aromatic heterocycles. The van der Waals surface area contributed by atoms with Crippen LogP contribution in [0, 0.1) is 5.82 Å². The zero-order valence-corrected chi connectivity index (χ0v) is 16.6. The molecule has 2 aliphatic rings. The lowest BCUT2D eigenvalue weighted by molar-refractivity contribution is 0.0941. The lowest BCUT2D eigenvalue weighted by atomic mass is 10.1. The predicted octanol–water partition coefficient (Wildman–Crippen LogP) is 2.55. The molecule has 2 amide bonds. The van der Waals surface area contributed by atoms with Gasteiger partial charge in [-0.15, -0.1) is 11.3 Å². The monoisotopic (exact) mass is 422 g/mol. The van der Waals surface area contributed by atoms with Crippen LogP contribution >= 0.6 is 11.3 Å². The highest BCUT2D eigenvalue weighted by Crippen LogP contribution is 2.39. The van der Waals surface area contributed by atoms with Crippen molar-refractivity contribution >= 4 is 38.0 Å². The molecule has 1 unspecified atom stereocenters. The Bertz CT molecular complexity index is 1060. The Hall–Kier alpha value is -2.26. The summed E-state index contributed by atoms with van der Waals surface area (Å²) < 4.78 is 37.2. The number of carbonyl (C=O) groups is 2. The maximum absolute atomic E-state index is 13.9. The molecule has 1 fully saturated rings. The first-order chi connectivity index (χ1) is 13.3. The summed E-state index contributed by atoms with van der Waals surface area (Å²) in [5.74, 6) is -1.63. The maximum atomic E-state index is 13.9. The Balaban J connectivity index is 1.60. The second-order valence-corrected chi connectivity index (χ2v) is 10.4. The molecular formula is C19H19FN2O4S2. The van der Waals surface area contributed by atoms with Crippen LogP contribution in [0.25, 0.3) is 0 Å². The van der Waals surface area contributed by atoms with Gasteiger partial charge in [0.25, 0.3) is 11.8 Å². The number of benzene rings is 1. The Kier molecular flexibility index (Phi) is 4.96. The molecule has 1 atom stereocenters. The van der Waals surface area contributed by atoms with E-state index in [0.717, 1.165) is 29.7 Å². The predicted molar refractivity (Wildman–Crippen MR) is 105 cm³/mol. The third-order valence-corrected chi connectivity index (χ3v) is 8.04. The van der Waals surface area contributed by atoms with Gasteiger partial charge in [-0.3, -0.25) is 9.59 Å². The normalized spacial score (nSPS) is 20.0. The number of aryl methyl sites for hydroxylation is 1. The van der Waals surface area contributed by atoms with Gasteiger partial charge in [-0.05, 0) is 43.4 Å². The summed E-state index contributed by atoms with van der Waals surface area (Å²) in [6.45, 7) is 0. The van der Waals surface area contributed by atoms with E-state index in [4.69, 9.17) is 0 Å². The van der Waals surface area contributed by atoms with E-state index in [2.05, 4.69) is 10.6 Å². The van der Waals surface area contributed by atoms with Crippen molar-refractivity contribution in [1.29, 1.82) is 0 Å². The van der Waals surface area contributed by atoms with Crippen molar-refractivity contribution in [1.82, 2.24) is 5.32 Å². The first kappa shape index (κ1) is 19.1. The van der Waals surface area contributed by atoms with Gasteiger partial charge < -0.3 is 10.6 Å². The summed E-state index contributed by atoms with van der Waals surface area (Å²) in [6.07, 6.45) is 2.87. The van der Waals surface area contributed by atoms with Gasteiger partial charge in [-0.25, -0.2) is 12.8 Å². The summed E-state index contributed by atoms with van der Waals surface area (Å²) in [5.41, 5.74) is 1.18. The lowest BCUT2D eigenvalue weighted by Crippen LogP contribution is -2.36. The zero-order valence-electron chi connectivity index (χ0n) is 15.0. The lowest BCUT2D eigenvalue weighted by Gasteiger charge is -2.13. The molecule has 1 aromatic carbocycles. The molecule has 148 valence electrons. The Morgan fingerprint density at radius 3 is 2.64 bits per heavy atom. The summed E-state index contributed by atoms with van der Waals surface area (Å²) in [4.78, 5) is 26.5. The molecule has 4 rings (SSSR count). The van der Waals surface area contributed by atoms with Crippen molar-refractivity contribution in [3.05, 3.63) is 51.7 Å². The molecule has 2 heterocycles. The van der Waals surface area contributed by atoms with E-state index in [9.17, 15) is 22.4 Å². The van der Waals surface area contributed by atoms with Crippen LogP contribution in [0.2, 0.25) is 0 Å². The molecule has 28 heavy (non-hydrogen) atoms. The van der Waals surface area contributed by atoms with Gasteiger partial charge >= 0.3 is 0 Å². The minimum atomic E-state index is -3.11. The number of halogens is 1. The van der Waals surface area contributed by atoms with Crippen molar-refractivity contribution in [2.75, 3.05) is 16.8 Å². The molecule has 0 spiro atoms. The molecule has 0 radical (unpaired) electrons. The number of hydrogen-bond donors (Lipinski definition) is 2. The first-order valence-corrected chi connectivity index (χ1v) is 11.7. The smallest absolute Gasteiger partial charge is 0.259 e. The highest BCUT2D eigenvalue weighted by molar-refractivity contribution is 7.91. The fourth-order valence-electron chi connectivity index (χ4n) is 3.71. The standard InChI is InChI=1S/C19H19FN2O4S2/c20-14-6-2-1-4-12(14)17(23)22-19-16(13-5-3-7-15(13)27-19)18(24)21-11-8-9-28(25,26)10-11/h1-2,4,6,11H,3,5,7-10H2,(H,21,24)(H,22,23). The van der Waals surface area contributed by atoms with Gasteiger partial charge in [0.1, 0.15) is 10.8 Å².